The van der Waals surface area contributed by atoms with E-state index in [2.05, 4.69) is 5.32 Å². The molecule has 1 heterocycles. The Bertz CT molecular complexity index is 728. The fraction of sp³-hybridized carbons (Fsp3) is 0.222. The van der Waals surface area contributed by atoms with Crippen LogP contribution in [0.2, 0.25) is 0 Å². The molecule has 1 aliphatic heterocycles. The van der Waals surface area contributed by atoms with Crippen LogP contribution in [0.25, 0.3) is 0 Å². The fourth-order valence-corrected chi connectivity index (χ4v) is 2.68. The number of carbonyl (C=O) groups is 2. The van der Waals surface area contributed by atoms with Crippen LogP contribution < -0.4 is 10.2 Å². The van der Waals surface area contributed by atoms with Gasteiger partial charge in [0, 0.05) is 17.9 Å². The maximum absolute atomic E-state index is 11.9. The van der Waals surface area contributed by atoms with E-state index in [1.165, 1.54) is 0 Å². The van der Waals surface area contributed by atoms with E-state index in [-0.39, 0.29) is 12.5 Å². The number of nitrogens with one attached hydrogen (secondary N) is 1. The second kappa shape index (κ2) is 6.52. The zero-order valence-electron chi connectivity index (χ0n) is 12.9. The summed E-state index contributed by atoms with van der Waals surface area (Å²) in [4.78, 5) is 25.5. The van der Waals surface area contributed by atoms with Crippen LogP contribution in [0.5, 0.6) is 0 Å². The van der Waals surface area contributed by atoms with Gasteiger partial charge in [0.25, 0.3) is 0 Å². The van der Waals surface area contributed by atoms with Crippen molar-refractivity contribution in [3.05, 3.63) is 59.7 Å². The SMILES string of the molecule is CCN1C(=O)Cc2cc(NC(=O)OCc3ccccc3)ccc21. The molecule has 1 aliphatic rings. The molecule has 0 aliphatic carbocycles. The van der Waals surface area contributed by atoms with Crippen molar-refractivity contribution in [2.24, 2.45) is 0 Å². The van der Waals surface area contributed by atoms with Gasteiger partial charge in [-0.05, 0) is 36.2 Å². The molecule has 2 amide bonds. The highest BCUT2D eigenvalue weighted by molar-refractivity contribution is 6.02. The Balaban J connectivity index is 1.62. The minimum atomic E-state index is -0.509. The normalized spacial score (nSPS) is 12.9. The van der Waals surface area contributed by atoms with Gasteiger partial charge in [-0.15, -0.1) is 0 Å². The van der Waals surface area contributed by atoms with E-state index in [1.807, 2.05) is 49.4 Å². The zero-order valence-corrected chi connectivity index (χ0v) is 12.9. The topological polar surface area (TPSA) is 58.6 Å². The van der Waals surface area contributed by atoms with Gasteiger partial charge < -0.3 is 9.64 Å². The molecule has 0 radical (unpaired) electrons. The molecule has 1 N–H and O–H groups in total. The summed E-state index contributed by atoms with van der Waals surface area (Å²) in [7, 11) is 0. The highest BCUT2D eigenvalue weighted by atomic mass is 16.5. The number of anilines is 2. The average molecular weight is 310 g/mol. The van der Waals surface area contributed by atoms with E-state index in [1.54, 1.807) is 11.0 Å². The molecule has 5 heteroatoms. The Labute approximate surface area is 134 Å². The van der Waals surface area contributed by atoms with Crippen LogP contribution in [0.4, 0.5) is 16.2 Å². The summed E-state index contributed by atoms with van der Waals surface area (Å²) < 4.78 is 5.19. The summed E-state index contributed by atoms with van der Waals surface area (Å²) in [6, 6.07) is 15.0. The van der Waals surface area contributed by atoms with Crippen LogP contribution >= 0.6 is 0 Å². The molecule has 0 fully saturated rings. The average Bonchev–Trinajstić information content (AvgIpc) is 2.88. The van der Waals surface area contributed by atoms with Crippen molar-refractivity contribution in [2.45, 2.75) is 20.0 Å². The van der Waals surface area contributed by atoms with Crippen LogP contribution in [0.3, 0.4) is 0 Å². The third kappa shape index (κ3) is 3.34. The van der Waals surface area contributed by atoms with Crippen molar-refractivity contribution >= 4 is 23.4 Å². The number of rotatable bonds is 4. The summed E-state index contributed by atoms with van der Waals surface area (Å²) in [6.07, 6.45) is -0.136. The quantitative estimate of drug-likeness (QED) is 0.942. The van der Waals surface area contributed by atoms with E-state index in [4.69, 9.17) is 4.74 Å². The second-order valence-electron chi connectivity index (χ2n) is 5.34. The van der Waals surface area contributed by atoms with E-state index >= 15 is 0 Å². The summed E-state index contributed by atoms with van der Waals surface area (Å²) in [5.41, 5.74) is 3.41. The molecule has 0 bridgehead atoms. The zero-order chi connectivity index (χ0) is 16.2. The largest absolute Gasteiger partial charge is 0.444 e. The highest BCUT2D eigenvalue weighted by Crippen LogP contribution is 2.30. The minimum Gasteiger partial charge on any atom is -0.444 e. The number of likely N-dealkylation sites (N-methyl/N-ethyl adjacent to an activating group) is 1. The van der Waals surface area contributed by atoms with Crippen LogP contribution in [-0.2, 0) is 22.6 Å². The first kappa shape index (κ1) is 15.1. The molecule has 2 aromatic carbocycles. The summed E-state index contributed by atoms with van der Waals surface area (Å²) in [6.45, 7) is 2.82. The second-order valence-corrected chi connectivity index (χ2v) is 5.34. The summed E-state index contributed by atoms with van der Waals surface area (Å²) >= 11 is 0. The van der Waals surface area contributed by atoms with Crippen molar-refractivity contribution < 1.29 is 14.3 Å². The number of nitrogens with zero attached hydrogens (tertiary/aromatic N) is 1. The van der Waals surface area contributed by atoms with Crippen LogP contribution in [0.15, 0.2) is 48.5 Å². The van der Waals surface area contributed by atoms with Gasteiger partial charge in [-0.25, -0.2) is 4.79 Å². The molecule has 0 saturated carbocycles. The molecule has 118 valence electrons. The molecular weight excluding hydrogens is 292 g/mol. The molecule has 0 unspecified atom stereocenters. The summed E-state index contributed by atoms with van der Waals surface area (Å²) in [5.74, 6) is 0.0892. The Hall–Kier alpha value is -2.82. The Morgan fingerprint density at radius 2 is 2.00 bits per heavy atom. The van der Waals surface area contributed by atoms with Crippen molar-refractivity contribution in [1.82, 2.24) is 0 Å². The van der Waals surface area contributed by atoms with Gasteiger partial charge in [0.15, 0.2) is 0 Å². The number of fused-ring (bicyclic) bond motifs is 1. The third-order valence-corrected chi connectivity index (χ3v) is 3.79. The molecular formula is C18H18N2O3. The molecule has 0 saturated heterocycles. The van der Waals surface area contributed by atoms with Crippen LogP contribution in [-0.4, -0.2) is 18.5 Å². The lowest BCUT2D eigenvalue weighted by Crippen LogP contribution is -2.25. The van der Waals surface area contributed by atoms with E-state index < -0.39 is 6.09 Å². The van der Waals surface area contributed by atoms with Crippen molar-refractivity contribution in [1.29, 1.82) is 0 Å². The number of hydrogen-bond donors (Lipinski definition) is 1. The number of amides is 2. The lowest BCUT2D eigenvalue weighted by atomic mass is 10.1. The van der Waals surface area contributed by atoms with Gasteiger partial charge in [-0.1, -0.05) is 30.3 Å². The van der Waals surface area contributed by atoms with Crippen molar-refractivity contribution in [3.63, 3.8) is 0 Å². The lowest BCUT2D eigenvalue weighted by Gasteiger charge is -2.15. The first-order valence-electron chi connectivity index (χ1n) is 7.58. The molecule has 5 nitrogen and oxygen atoms in total. The lowest BCUT2D eigenvalue weighted by molar-refractivity contribution is -0.117. The molecule has 3 rings (SSSR count). The van der Waals surface area contributed by atoms with Crippen molar-refractivity contribution in [2.75, 3.05) is 16.8 Å². The third-order valence-electron chi connectivity index (χ3n) is 3.79. The van der Waals surface area contributed by atoms with Gasteiger partial charge in [0.2, 0.25) is 5.91 Å². The van der Waals surface area contributed by atoms with Gasteiger partial charge in [0.1, 0.15) is 6.61 Å². The van der Waals surface area contributed by atoms with Crippen molar-refractivity contribution in [3.8, 4) is 0 Å². The maximum Gasteiger partial charge on any atom is 0.411 e. The number of benzene rings is 2. The highest BCUT2D eigenvalue weighted by Gasteiger charge is 2.26. The van der Waals surface area contributed by atoms with E-state index in [0.717, 1.165) is 16.8 Å². The molecule has 0 spiro atoms. The van der Waals surface area contributed by atoms with Gasteiger partial charge in [0.05, 0.1) is 6.42 Å². The Morgan fingerprint density at radius 1 is 1.22 bits per heavy atom. The predicted molar refractivity (Wildman–Crippen MR) is 88.4 cm³/mol. The van der Waals surface area contributed by atoms with E-state index in [0.29, 0.717) is 18.7 Å². The van der Waals surface area contributed by atoms with Crippen LogP contribution in [0, 0.1) is 0 Å². The van der Waals surface area contributed by atoms with E-state index in [9.17, 15) is 9.59 Å². The maximum atomic E-state index is 11.9. The van der Waals surface area contributed by atoms with Crippen LogP contribution in [0.1, 0.15) is 18.1 Å². The first-order valence-corrected chi connectivity index (χ1v) is 7.58. The molecule has 23 heavy (non-hydrogen) atoms. The smallest absolute Gasteiger partial charge is 0.411 e. The number of carbonyl (C=O) groups excluding carboxylic acids is 2. The summed E-state index contributed by atoms with van der Waals surface area (Å²) in [5, 5.41) is 2.70. The first-order chi connectivity index (χ1) is 11.2. The minimum absolute atomic E-state index is 0.0892. The number of hydrogen-bond acceptors (Lipinski definition) is 3. The van der Waals surface area contributed by atoms with Gasteiger partial charge in [-0.2, -0.15) is 0 Å². The number of ether oxygens (including phenoxy) is 1. The predicted octanol–water partition coefficient (Wildman–Crippen LogP) is 3.34. The van der Waals surface area contributed by atoms with Gasteiger partial charge in [-0.3, -0.25) is 10.1 Å². The standard InChI is InChI=1S/C18H18N2O3/c1-2-20-16-9-8-15(10-14(16)11-17(20)21)19-18(22)23-12-13-6-4-3-5-7-13/h3-10H,2,11-12H2,1H3,(H,19,22). The fourth-order valence-electron chi connectivity index (χ4n) is 2.68. The van der Waals surface area contributed by atoms with Gasteiger partial charge >= 0.3 is 6.09 Å². The monoisotopic (exact) mass is 310 g/mol. The molecule has 0 aromatic heterocycles. The Kier molecular flexibility index (Phi) is 4.28. The Morgan fingerprint density at radius 3 is 2.74 bits per heavy atom. The molecule has 0 atom stereocenters. The molecule has 2 aromatic rings.